The summed E-state index contributed by atoms with van der Waals surface area (Å²) >= 11 is 0. The number of carbonyl (C=O) groups is 2. The molecule has 0 aliphatic heterocycles. The summed E-state index contributed by atoms with van der Waals surface area (Å²) in [7, 11) is 0. The van der Waals surface area contributed by atoms with Crippen LogP contribution in [0.4, 0.5) is 0 Å². The van der Waals surface area contributed by atoms with Crippen molar-refractivity contribution in [2.75, 3.05) is 0 Å². The zero-order valence-electron chi connectivity index (χ0n) is 15.9. The van der Waals surface area contributed by atoms with Crippen molar-refractivity contribution in [1.29, 1.82) is 0 Å². The summed E-state index contributed by atoms with van der Waals surface area (Å²) in [5.74, 6) is -1.98. The molecule has 0 aliphatic carbocycles. The van der Waals surface area contributed by atoms with Gasteiger partial charge in [-0.25, -0.2) is 4.98 Å². The van der Waals surface area contributed by atoms with Gasteiger partial charge in [-0.1, -0.05) is 38.1 Å². The number of nitrogens with one attached hydrogen (secondary N) is 1. The lowest BCUT2D eigenvalue weighted by Crippen LogP contribution is -2.49. The number of aromatic nitrogens is 2. The van der Waals surface area contributed by atoms with Gasteiger partial charge in [0.25, 0.3) is 0 Å². The molecule has 2 rings (SSSR count). The second-order valence-corrected chi connectivity index (χ2v) is 7.22. The molecule has 2 aromatic rings. The number of benzene rings is 1. The zero-order valence-corrected chi connectivity index (χ0v) is 15.9. The van der Waals surface area contributed by atoms with Gasteiger partial charge in [-0.15, -0.1) is 0 Å². The van der Waals surface area contributed by atoms with E-state index in [4.69, 9.17) is 0 Å². The Morgan fingerprint density at radius 2 is 1.81 bits per heavy atom. The van der Waals surface area contributed by atoms with Crippen LogP contribution in [0.1, 0.15) is 37.1 Å². The maximum absolute atomic E-state index is 11.7. The van der Waals surface area contributed by atoms with Crippen LogP contribution in [0.15, 0.2) is 36.8 Å². The predicted molar refractivity (Wildman–Crippen MR) is 102 cm³/mol. The van der Waals surface area contributed by atoms with Crippen molar-refractivity contribution in [3.63, 3.8) is 0 Å². The van der Waals surface area contributed by atoms with E-state index >= 15 is 0 Å². The van der Waals surface area contributed by atoms with Crippen LogP contribution < -0.4 is 5.32 Å². The Morgan fingerprint density at radius 1 is 1.15 bits per heavy atom. The third-order valence-corrected chi connectivity index (χ3v) is 4.52. The largest absolute Gasteiger partial charge is 0.480 e. The Morgan fingerprint density at radius 3 is 2.41 bits per heavy atom. The molecule has 7 heteroatoms. The number of rotatable bonds is 10. The topological polar surface area (TPSA) is 104 Å². The molecule has 1 aromatic carbocycles. The number of carboxylic acid groups (broad SMARTS) is 2. The van der Waals surface area contributed by atoms with Crippen LogP contribution in [0.3, 0.4) is 0 Å². The number of nitrogens with zero attached hydrogens (tertiary/aromatic N) is 2. The summed E-state index contributed by atoms with van der Waals surface area (Å²) in [6, 6.07) is 6.07. The summed E-state index contributed by atoms with van der Waals surface area (Å²) < 4.78 is 1.90. The number of hydrogen-bond donors (Lipinski definition) is 3. The van der Waals surface area contributed by atoms with E-state index in [2.05, 4.69) is 10.3 Å². The van der Waals surface area contributed by atoms with Crippen LogP contribution in [0.25, 0.3) is 0 Å². The van der Waals surface area contributed by atoms with Gasteiger partial charge in [-0.2, -0.15) is 0 Å². The molecule has 3 N–H and O–H groups in total. The van der Waals surface area contributed by atoms with Crippen molar-refractivity contribution >= 4 is 11.9 Å². The minimum Gasteiger partial charge on any atom is -0.480 e. The predicted octanol–water partition coefficient (Wildman–Crippen LogP) is 2.32. The van der Waals surface area contributed by atoms with Gasteiger partial charge in [0.05, 0.1) is 6.33 Å². The summed E-state index contributed by atoms with van der Waals surface area (Å²) in [4.78, 5) is 27.3. The molecule has 27 heavy (non-hydrogen) atoms. The maximum atomic E-state index is 11.7. The van der Waals surface area contributed by atoms with Crippen molar-refractivity contribution < 1.29 is 19.8 Å². The van der Waals surface area contributed by atoms with E-state index in [1.807, 2.05) is 49.6 Å². The lowest BCUT2D eigenvalue weighted by atomic mass is 10.0. The van der Waals surface area contributed by atoms with Crippen molar-refractivity contribution in [1.82, 2.24) is 14.9 Å². The van der Waals surface area contributed by atoms with Crippen molar-refractivity contribution in [3.8, 4) is 0 Å². The van der Waals surface area contributed by atoms with Crippen molar-refractivity contribution in [2.24, 2.45) is 5.92 Å². The van der Waals surface area contributed by atoms with Crippen LogP contribution >= 0.6 is 0 Å². The smallest absolute Gasteiger partial charge is 0.321 e. The fraction of sp³-hybridized carbons (Fsp3) is 0.450. The third kappa shape index (κ3) is 5.92. The Balaban J connectivity index is 2.15. The molecule has 1 unspecified atom stereocenters. The average molecular weight is 373 g/mol. The fourth-order valence-corrected chi connectivity index (χ4v) is 3.01. The summed E-state index contributed by atoms with van der Waals surface area (Å²) in [5.41, 5.74) is 3.01. The quantitative estimate of drug-likeness (QED) is 0.590. The highest BCUT2D eigenvalue weighted by Crippen LogP contribution is 2.13. The first-order valence-corrected chi connectivity index (χ1v) is 9.03. The van der Waals surface area contributed by atoms with Crippen molar-refractivity contribution in [3.05, 3.63) is 53.6 Å². The molecule has 0 amide bonds. The second kappa shape index (κ2) is 9.32. The second-order valence-electron chi connectivity index (χ2n) is 7.22. The number of aliphatic carboxylic acids is 2. The average Bonchev–Trinajstić information content (AvgIpc) is 3.01. The SMILES string of the molecule is Cc1ccccc1Cn1cncc1C[C@H](NC(CC(C)C)C(=O)O)C(=O)O. The lowest BCUT2D eigenvalue weighted by Gasteiger charge is -2.22. The van der Waals surface area contributed by atoms with Gasteiger partial charge in [0.2, 0.25) is 0 Å². The zero-order chi connectivity index (χ0) is 20.0. The fourth-order valence-electron chi connectivity index (χ4n) is 3.01. The standard InChI is InChI=1S/C20H27N3O4/c1-13(2)8-17(19(24)25)22-18(20(26)27)9-16-10-21-12-23(16)11-15-7-5-4-6-14(15)3/h4-7,10,12-13,17-18,22H,8-9,11H2,1-3H3,(H,24,25)(H,26,27)/t17?,18-/m0/s1. The number of carboxylic acids is 2. The normalized spacial score (nSPS) is 13.5. The number of aryl methyl sites for hydroxylation is 1. The van der Waals surface area contributed by atoms with Crippen LogP contribution in [0.2, 0.25) is 0 Å². The highest BCUT2D eigenvalue weighted by molar-refractivity contribution is 5.77. The first kappa shape index (κ1) is 20.6. The molecule has 2 atom stereocenters. The first-order chi connectivity index (χ1) is 12.8. The van der Waals surface area contributed by atoms with Gasteiger partial charge in [0, 0.05) is 24.9 Å². The molecule has 0 aliphatic rings. The molecule has 0 radical (unpaired) electrons. The van der Waals surface area contributed by atoms with Crippen LogP contribution in [0.5, 0.6) is 0 Å². The lowest BCUT2D eigenvalue weighted by molar-refractivity contribution is -0.142. The summed E-state index contributed by atoms with van der Waals surface area (Å²) in [6.07, 6.45) is 3.82. The number of hydrogen-bond acceptors (Lipinski definition) is 4. The Labute approximate surface area is 159 Å². The molecular formula is C20H27N3O4. The van der Waals surface area contributed by atoms with E-state index in [9.17, 15) is 19.8 Å². The van der Waals surface area contributed by atoms with E-state index in [1.54, 1.807) is 12.5 Å². The number of imidazole rings is 1. The molecule has 0 saturated carbocycles. The van der Waals surface area contributed by atoms with Gasteiger partial charge < -0.3 is 14.8 Å². The molecule has 0 fully saturated rings. The van der Waals surface area contributed by atoms with Gasteiger partial charge in [0.15, 0.2) is 0 Å². The van der Waals surface area contributed by atoms with Crippen LogP contribution in [0, 0.1) is 12.8 Å². The Kier molecular flexibility index (Phi) is 7.12. The van der Waals surface area contributed by atoms with E-state index < -0.39 is 24.0 Å². The van der Waals surface area contributed by atoms with E-state index in [0.717, 1.165) is 16.8 Å². The van der Waals surface area contributed by atoms with E-state index in [-0.39, 0.29) is 12.3 Å². The minimum absolute atomic E-state index is 0.139. The Hall–Kier alpha value is -2.67. The molecule has 0 bridgehead atoms. The summed E-state index contributed by atoms with van der Waals surface area (Å²) in [6.45, 7) is 6.43. The monoisotopic (exact) mass is 373 g/mol. The molecule has 0 saturated heterocycles. The minimum atomic E-state index is -1.08. The maximum Gasteiger partial charge on any atom is 0.321 e. The van der Waals surface area contributed by atoms with Gasteiger partial charge >= 0.3 is 11.9 Å². The summed E-state index contributed by atoms with van der Waals surface area (Å²) in [5, 5.41) is 21.7. The highest BCUT2D eigenvalue weighted by Gasteiger charge is 2.27. The molecule has 7 nitrogen and oxygen atoms in total. The molecule has 1 aromatic heterocycles. The van der Waals surface area contributed by atoms with Crippen LogP contribution in [-0.2, 0) is 22.6 Å². The van der Waals surface area contributed by atoms with E-state index in [1.165, 1.54) is 0 Å². The van der Waals surface area contributed by atoms with Gasteiger partial charge in [-0.05, 0) is 30.4 Å². The third-order valence-electron chi connectivity index (χ3n) is 4.52. The highest BCUT2D eigenvalue weighted by atomic mass is 16.4. The molecule has 0 spiro atoms. The van der Waals surface area contributed by atoms with E-state index in [0.29, 0.717) is 13.0 Å². The molecule has 1 heterocycles. The van der Waals surface area contributed by atoms with Gasteiger partial charge in [0.1, 0.15) is 12.1 Å². The van der Waals surface area contributed by atoms with Crippen molar-refractivity contribution in [2.45, 2.75) is 52.2 Å². The molecule has 146 valence electrons. The first-order valence-electron chi connectivity index (χ1n) is 9.03. The molecular weight excluding hydrogens is 346 g/mol. The Bertz CT molecular complexity index is 785. The van der Waals surface area contributed by atoms with Gasteiger partial charge in [-0.3, -0.25) is 14.9 Å². The van der Waals surface area contributed by atoms with Crippen LogP contribution in [-0.4, -0.2) is 43.8 Å².